The van der Waals surface area contributed by atoms with E-state index in [1.807, 2.05) is 0 Å². The lowest BCUT2D eigenvalue weighted by atomic mass is 9.80. The molecule has 1 aliphatic rings. The molecule has 1 saturated heterocycles. The first-order valence-electron chi connectivity index (χ1n) is 7.62. The molecular formula is C15H31BrN2. The lowest BCUT2D eigenvalue weighted by Gasteiger charge is -2.37. The number of rotatable bonds is 7. The zero-order valence-electron chi connectivity index (χ0n) is 12.6. The Morgan fingerprint density at radius 3 is 2.22 bits per heavy atom. The number of halogens is 1. The van der Waals surface area contributed by atoms with Crippen molar-refractivity contribution in [1.82, 2.24) is 9.80 Å². The largest absolute Gasteiger partial charge is 0.305 e. The molecule has 3 heteroatoms. The van der Waals surface area contributed by atoms with Crippen LogP contribution in [0.3, 0.4) is 0 Å². The summed E-state index contributed by atoms with van der Waals surface area (Å²) in [6, 6.07) is 0. The van der Waals surface area contributed by atoms with Crippen LogP contribution in [0.5, 0.6) is 0 Å². The molecule has 0 atom stereocenters. The van der Waals surface area contributed by atoms with Crippen molar-refractivity contribution in [3.8, 4) is 0 Å². The summed E-state index contributed by atoms with van der Waals surface area (Å²) in [5, 5.41) is 1.16. The Bertz CT molecular complexity index is 215. The number of likely N-dealkylation sites (N-methyl/N-ethyl adjacent to an activating group) is 1. The molecule has 1 heterocycles. The molecule has 1 rings (SSSR count). The first-order valence-corrected chi connectivity index (χ1v) is 8.75. The molecule has 0 aromatic carbocycles. The van der Waals surface area contributed by atoms with Gasteiger partial charge in [-0.15, -0.1) is 0 Å². The minimum atomic E-state index is 0.506. The smallest absolute Gasteiger partial charge is 0.0109 e. The van der Waals surface area contributed by atoms with Crippen LogP contribution in [0.4, 0.5) is 0 Å². The molecule has 0 bridgehead atoms. The minimum absolute atomic E-state index is 0.506. The van der Waals surface area contributed by atoms with Gasteiger partial charge in [0.25, 0.3) is 0 Å². The van der Waals surface area contributed by atoms with Crippen molar-refractivity contribution in [2.24, 2.45) is 5.41 Å². The quantitative estimate of drug-likeness (QED) is 0.662. The van der Waals surface area contributed by atoms with Gasteiger partial charge in [0.05, 0.1) is 0 Å². The van der Waals surface area contributed by atoms with E-state index in [0.717, 1.165) is 5.33 Å². The first kappa shape index (κ1) is 16.5. The lowest BCUT2D eigenvalue weighted by Crippen LogP contribution is -2.40. The highest BCUT2D eigenvalue weighted by atomic mass is 79.9. The Morgan fingerprint density at radius 1 is 1.00 bits per heavy atom. The fourth-order valence-corrected chi connectivity index (χ4v) is 3.99. The van der Waals surface area contributed by atoms with Crippen molar-refractivity contribution >= 4 is 15.9 Å². The Labute approximate surface area is 122 Å². The number of alkyl halides is 1. The zero-order chi connectivity index (χ0) is 13.4. The highest BCUT2D eigenvalue weighted by Crippen LogP contribution is 2.33. The maximum Gasteiger partial charge on any atom is 0.0109 e. The molecule has 0 amide bonds. The third-order valence-electron chi connectivity index (χ3n) is 4.22. The molecule has 0 aromatic heterocycles. The zero-order valence-corrected chi connectivity index (χ0v) is 14.1. The van der Waals surface area contributed by atoms with Crippen molar-refractivity contribution in [2.45, 2.75) is 46.0 Å². The molecule has 18 heavy (non-hydrogen) atoms. The van der Waals surface area contributed by atoms with Crippen LogP contribution >= 0.6 is 15.9 Å². The first-order chi connectivity index (χ1) is 8.65. The summed E-state index contributed by atoms with van der Waals surface area (Å²) in [5.74, 6) is 0. The maximum absolute atomic E-state index is 3.80. The van der Waals surface area contributed by atoms with Gasteiger partial charge in [-0.2, -0.15) is 0 Å². The molecule has 0 N–H and O–H groups in total. The Kier molecular flexibility index (Phi) is 7.81. The lowest BCUT2D eigenvalue weighted by molar-refractivity contribution is 0.151. The van der Waals surface area contributed by atoms with Crippen LogP contribution in [0.2, 0.25) is 0 Å². The summed E-state index contributed by atoms with van der Waals surface area (Å²) < 4.78 is 0. The predicted octanol–water partition coefficient (Wildman–Crippen LogP) is 3.61. The second-order valence-electron chi connectivity index (χ2n) is 6.07. The molecule has 0 saturated carbocycles. The van der Waals surface area contributed by atoms with Crippen LogP contribution in [0.25, 0.3) is 0 Å². The van der Waals surface area contributed by atoms with Crippen LogP contribution in [-0.2, 0) is 0 Å². The Hall–Kier alpha value is 0.400. The number of hydrogen-bond acceptors (Lipinski definition) is 2. The van der Waals surface area contributed by atoms with Gasteiger partial charge in [0.1, 0.15) is 0 Å². The van der Waals surface area contributed by atoms with E-state index in [1.54, 1.807) is 0 Å². The van der Waals surface area contributed by atoms with Crippen molar-refractivity contribution in [3.05, 3.63) is 0 Å². The van der Waals surface area contributed by atoms with Gasteiger partial charge in [-0.05, 0) is 44.8 Å². The van der Waals surface area contributed by atoms with Crippen LogP contribution in [-0.4, -0.2) is 54.9 Å². The van der Waals surface area contributed by atoms with E-state index >= 15 is 0 Å². The van der Waals surface area contributed by atoms with Crippen molar-refractivity contribution in [1.29, 1.82) is 0 Å². The number of nitrogens with zero attached hydrogens (tertiary/aromatic N) is 2. The monoisotopic (exact) mass is 318 g/mol. The number of hydrogen-bond donors (Lipinski definition) is 0. The molecule has 2 nitrogen and oxygen atoms in total. The Balaban J connectivity index is 2.57. The van der Waals surface area contributed by atoms with E-state index in [1.165, 1.54) is 64.8 Å². The molecule has 1 aliphatic heterocycles. The van der Waals surface area contributed by atoms with Crippen molar-refractivity contribution in [2.75, 3.05) is 45.1 Å². The SMILES string of the molecule is CCCC(CBr)(CCC)CN1CCCN(C)CC1. The Morgan fingerprint density at radius 2 is 1.67 bits per heavy atom. The van der Waals surface area contributed by atoms with Gasteiger partial charge >= 0.3 is 0 Å². The topological polar surface area (TPSA) is 6.48 Å². The van der Waals surface area contributed by atoms with Crippen molar-refractivity contribution < 1.29 is 0 Å². The molecule has 0 radical (unpaired) electrons. The van der Waals surface area contributed by atoms with Crippen LogP contribution < -0.4 is 0 Å². The molecular weight excluding hydrogens is 288 g/mol. The second-order valence-corrected chi connectivity index (χ2v) is 6.63. The minimum Gasteiger partial charge on any atom is -0.305 e. The third-order valence-corrected chi connectivity index (χ3v) is 5.40. The molecule has 1 fully saturated rings. The standard InChI is InChI=1S/C15H31BrN2/c1-4-7-15(13-16,8-5-2)14-18-10-6-9-17(3)11-12-18/h4-14H2,1-3H3. The van der Waals surface area contributed by atoms with Gasteiger partial charge in [-0.1, -0.05) is 42.6 Å². The van der Waals surface area contributed by atoms with Gasteiger partial charge in [0, 0.05) is 25.0 Å². The van der Waals surface area contributed by atoms with Gasteiger partial charge in [-0.25, -0.2) is 0 Å². The van der Waals surface area contributed by atoms with Crippen LogP contribution in [0.15, 0.2) is 0 Å². The highest BCUT2D eigenvalue weighted by molar-refractivity contribution is 9.09. The average molecular weight is 319 g/mol. The fraction of sp³-hybridized carbons (Fsp3) is 1.00. The summed E-state index contributed by atoms with van der Waals surface area (Å²) in [4.78, 5) is 5.17. The molecule has 0 unspecified atom stereocenters. The fourth-order valence-electron chi connectivity index (χ4n) is 3.25. The van der Waals surface area contributed by atoms with Gasteiger partial charge in [0.15, 0.2) is 0 Å². The van der Waals surface area contributed by atoms with E-state index < -0.39 is 0 Å². The molecule has 0 aromatic rings. The van der Waals surface area contributed by atoms with E-state index in [0.29, 0.717) is 5.41 Å². The van der Waals surface area contributed by atoms with Gasteiger partial charge in [0.2, 0.25) is 0 Å². The van der Waals surface area contributed by atoms with E-state index in [2.05, 4.69) is 46.6 Å². The van der Waals surface area contributed by atoms with Gasteiger partial charge < -0.3 is 9.80 Å². The van der Waals surface area contributed by atoms with E-state index in [-0.39, 0.29) is 0 Å². The maximum atomic E-state index is 3.80. The van der Waals surface area contributed by atoms with Crippen molar-refractivity contribution in [3.63, 3.8) is 0 Å². The molecule has 108 valence electrons. The summed E-state index contributed by atoms with van der Waals surface area (Å²) in [5.41, 5.74) is 0.506. The summed E-state index contributed by atoms with van der Waals surface area (Å²) in [7, 11) is 2.25. The highest BCUT2D eigenvalue weighted by Gasteiger charge is 2.30. The second kappa shape index (κ2) is 8.55. The van der Waals surface area contributed by atoms with Crippen LogP contribution in [0, 0.1) is 5.41 Å². The molecule has 0 spiro atoms. The average Bonchev–Trinajstić information content (AvgIpc) is 2.55. The van der Waals surface area contributed by atoms with Gasteiger partial charge in [-0.3, -0.25) is 0 Å². The normalized spacial score (nSPS) is 20.0. The molecule has 0 aliphatic carbocycles. The predicted molar refractivity (Wildman–Crippen MR) is 84.6 cm³/mol. The summed E-state index contributed by atoms with van der Waals surface area (Å²) in [6.07, 6.45) is 6.66. The summed E-state index contributed by atoms with van der Waals surface area (Å²) >= 11 is 3.80. The third kappa shape index (κ3) is 5.18. The van der Waals surface area contributed by atoms with E-state index in [9.17, 15) is 0 Å². The van der Waals surface area contributed by atoms with Crippen LogP contribution in [0.1, 0.15) is 46.0 Å². The summed E-state index contributed by atoms with van der Waals surface area (Å²) in [6.45, 7) is 11.0. The van der Waals surface area contributed by atoms with E-state index in [4.69, 9.17) is 0 Å².